The van der Waals surface area contributed by atoms with Gasteiger partial charge in [-0.15, -0.1) is 0 Å². The van der Waals surface area contributed by atoms with Crippen LogP contribution in [0, 0.1) is 23.2 Å². The average molecular weight is 535 g/mol. The largest absolute Gasteiger partial charge is 0.462 e. The molecule has 6 heteroatoms. The van der Waals surface area contributed by atoms with Gasteiger partial charge in [0.15, 0.2) is 0 Å². The van der Waals surface area contributed by atoms with Crippen molar-refractivity contribution >= 4 is 17.6 Å². The van der Waals surface area contributed by atoms with Gasteiger partial charge in [-0.25, -0.2) is 0 Å². The number of piperazine rings is 1. The molecule has 0 N–H and O–H groups in total. The number of ether oxygens (including phenoxy) is 2. The second-order valence-electron chi connectivity index (χ2n) is 12.8. The number of esters is 1. The topological polar surface area (TPSA) is 45.3 Å². The third-order valence-corrected chi connectivity index (χ3v) is 10.9. The molecule has 0 bridgehead atoms. The van der Waals surface area contributed by atoms with Crippen LogP contribution in [-0.4, -0.2) is 66.8 Å². The first-order chi connectivity index (χ1) is 18.4. The summed E-state index contributed by atoms with van der Waals surface area (Å²) in [7, 11) is 0. The fourth-order valence-corrected chi connectivity index (χ4v) is 8.67. The number of halogens is 1. The van der Waals surface area contributed by atoms with Gasteiger partial charge in [-0.05, 0) is 66.7 Å². The monoisotopic (exact) mass is 534 g/mol. The van der Waals surface area contributed by atoms with Crippen molar-refractivity contribution in [1.82, 2.24) is 9.80 Å². The number of nitrogens with zero attached hydrogens (tertiary/aromatic N) is 2. The predicted molar refractivity (Wildman–Crippen MR) is 148 cm³/mol. The van der Waals surface area contributed by atoms with Gasteiger partial charge < -0.3 is 9.47 Å². The number of carbonyl (C=O) groups excluding carboxylic acids is 1. The molecule has 1 spiro atoms. The minimum Gasteiger partial charge on any atom is -0.462 e. The molecule has 0 radical (unpaired) electrons. The minimum absolute atomic E-state index is 0.00462. The van der Waals surface area contributed by atoms with Gasteiger partial charge in [-0.3, -0.25) is 14.6 Å². The van der Waals surface area contributed by atoms with Crippen molar-refractivity contribution in [3.05, 3.63) is 70.7 Å². The molecular weight excluding hydrogens is 496 g/mol. The van der Waals surface area contributed by atoms with Gasteiger partial charge >= 0.3 is 5.97 Å². The van der Waals surface area contributed by atoms with E-state index in [-0.39, 0.29) is 35.0 Å². The summed E-state index contributed by atoms with van der Waals surface area (Å²) in [6.45, 7) is 8.04. The smallest absolute Gasteiger partial charge is 0.310 e. The van der Waals surface area contributed by atoms with E-state index in [1.54, 1.807) is 0 Å². The summed E-state index contributed by atoms with van der Waals surface area (Å²) >= 11 is 6.21. The second kappa shape index (κ2) is 9.62. The minimum atomic E-state index is -0.00462. The molecule has 5 nitrogen and oxygen atoms in total. The number of carbonyl (C=O) groups is 1. The summed E-state index contributed by atoms with van der Waals surface area (Å²) in [5.41, 5.74) is 2.93. The molecular formula is C32H39ClN2O3. The van der Waals surface area contributed by atoms with Crippen LogP contribution in [0.4, 0.5) is 0 Å². The second-order valence-corrected chi connectivity index (χ2v) is 13.2. The zero-order valence-electron chi connectivity index (χ0n) is 22.4. The Hall–Kier alpha value is -1.92. The van der Waals surface area contributed by atoms with Gasteiger partial charge in [0.25, 0.3) is 0 Å². The van der Waals surface area contributed by atoms with E-state index in [4.69, 9.17) is 21.1 Å². The van der Waals surface area contributed by atoms with Crippen LogP contribution in [0.15, 0.2) is 54.6 Å². The first-order valence-electron chi connectivity index (χ1n) is 14.6. The zero-order chi connectivity index (χ0) is 25.9. The Kier molecular flexibility index (Phi) is 6.35. The fourth-order valence-electron chi connectivity index (χ4n) is 8.54. The van der Waals surface area contributed by atoms with E-state index in [1.807, 2.05) is 12.1 Å². The number of hydrogen-bond donors (Lipinski definition) is 0. The van der Waals surface area contributed by atoms with Gasteiger partial charge in [0.2, 0.25) is 0 Å². The van der Waals surface area contributed by atoms with Gasteiger partial charge in [0.1, 0.15) is 6.10 Å². The van der Waals surface area contributed by atoms with Gasteiger partial charge in [0, 0.05) is 43.7 Å². The Labute approximate surface area is 231 Å². The van der Waals surface area contributed by atoms with Crippen LogP contribution in [0.2, 0.25) is 5.02 Å². The van der Waals surface area contributed by atoms with Crippen molar-refractivity contribution in [1.29, 1.82) is 0 Å². The quantitative estimate of drug-likeness (QED) is 0.370. The zero-order valence-corrected chi connectivity index (χ0v) is 23.1. The number of fused-ring (bicyclic) bond motifs is 3. The number of epoxide rings is 1. The van der Waals surface area contributed by atoms with Crippen LogP contribution in [0.5, 0.6) is 0 Å². The molecule has 2 aromatic rings. The summed E-state index contributed by atoms with van der Waals surface area (Å²) < 4.78 is 12.2. The first kappa shape index (κ1) is 25.1. The molecule has 5 aliphatic rings. The van der Waals surface area contributed by atoms with Gasteiger partial charge in [0.05, 0.1) is 24.2 Å². The number of rotatable bonds is 5. The van der Waals surface area contributed by atoms with Crippen LogP contribution in [0.3, 0.4) is 0 Å². The van der Waals surface area contributed by atoms with Crippen LogP contribution in [0.25, 0.3) is 0 Å². The highest BCUT2D eigenvalue weighted by atomic mass is 35.5. The molecule has 7 rings (SSSR count). The van der Waals surface area contributed by atoms with Crippen molar-refractivity contribution in [2.45, 2.75) is 56.8 Å². The molecule has 7 atom stereocenters. The van der Waals surface area contributed by atoms with Crippen LogP contribution < -0.4 is 0 Å². The summed E-state index contributed by atoms with van der Waals surface area (Å²) in [5.74, 6) is 0.947. The lowest BCUT2D eigenvalue weighted by atomic mass is 9.53. The summed E-state index contributed by atoms with van der Waals surface area (Å²) in [5, 5.41) is 0.766. The molecule has 5 fully saturated rings. The summed E-state index contributed by atoms with van der Waals surface area (Å²) in [6.07, 6.45) is 5.88. The molecule has 0 amide bonds. The molecule has 3 saturated heterocycles. The van der Waals surface area contributed by atoms with Crippen LogP contribution in [0.1, 0.15) is 56.2 Å². The Balaban J connectivity index is 1.04. The number of hydrogen-bond acceptors (Lipinski definition) is 5. The maximum Gasteiger partial charge on any atom is 0.310 e. The molecule has 2 aromatic carbocycles. The van der Waals surface area contributed by atoms with Gasteiger partial charge in [-0.2, -0.15) is 0 Å². The molecule has 202 valence electrons. The van der Waals surface area contributed by atoms with E-state index in [2.05, 4.69) is 59.2 Å². The van der Waals surface area contributed by atoms with Crippen molar-refractivity contribution in [2.24, 2.45) is 23.2 Å². The van der Waals surface area contributed by atoms with E-state index < -0.39 is 0 Å². The van der Waals surface area contributed by atoms with E-state index in [1.165, 1.54) is 30.4 Å². The van der Waals surface area contributed by atoms with Crippen molar-refractivity contribution in [3.8, 4) is 0 Å². The highest BCUT2D eigenvalue weighted by Crippen LogP contribution is 2.62. The average Bonchev–Trinajstić information content (AvgIpc) is 3.63. The number of benzene rings is 2. The Morgan fingerprint density at radius 3 is 2.42 bits per heavy atom. The summed E-state index contributed by atoms with van der Waals surface area (Å²) in [6, 6.07) is 19.2. The van der Waals surface area contributed by atoms with Crippen molar-refractivity contribution in [2.75, 3.05) is 39.3 Å². The predicted octanol–water partition coefficient (Wildman–Crippen LogP) is 5.57. The highest BCUT2D eigenvalue weighted by Gasteiger charge is 2.65. The lowest BCUT2D eigenvalue weighted by molar-refractivity contribution is -0.147. The molecule has 3 heterocycles. The lowest BCUT2D eigenvalue weighted by Crippen LogP contribution is -2.52. The Morgan fingerprint density at radius 2 is 1.71 bits per heavy atom. The molecule has 0 unspecified atom stereocenters. The molecule has 2 aliphatic carbocycles. The normalized spacial score (nSPS) is 37.9. The molecule has 3 aliphatic heterocycles. The van der Waals surface area contributed by atoms with E-state index in [0.29, 0.717) is 11.8 Å². The standard InChI is InChI=1S/C32H39ClN2O3/c1-31-12-5-13-32(21-37-32)28(31)18-25-26(30(36)38-27(25)19-31)20-34-14-16-35(17-15-34)29(22-6-3-2-4-7-22)23-8-10-24(33)11-9-23/h2-4,6-11,25-29H,5,12-21H2,1H3/t25-,26-,27-,28-,29-,31-,32-/m1/s1. The fraction of sp³-hybridized carbons (Fsp3) is 0.594. The van der Waals surface area contributed by atoms with E-state index >= 15 is 0 Å². The van der Waals surface area contributed by atoms with E-state index in [0.717, 1.165) is 57.2 Å². The van der Waals surface area contributed by atoms with Crippen molar-refractivity contribution in [3.63, 3.8) is 0 Å². The highest BCUT2D eigenvalue weighted by molar-refractivity contribution is 6.30. The molecule has 0 aromatic heterocycles. The van der Waals surface area contributed by atoms with Crippen LogP contribution >= 0.6 is 11.6 Å². The maximum absolute atomic E-state index is 13.2. The first-order valence-corrected chi connectivity index (χ1v) is 14.9. The Morgan fingerprint density at radius 1 is 1.00 bits per heavy atom. The molecule has 2 saturated carbocycles. The Bertz CT molecular complexity index is 1160. The SMILES string of the molecule is C[C@]12CCC[C@@]3(CO3)[C@@H]1C[C@H]1[C@@H](C2)OC(=O)[C@@H]1CN1CCN([C@H](c2ccccc2)c2ccc(Cl)cc2)CC1. The third kappa shape index (κ3) is 4.40. The lowest BCUT2D eigenvalue weighted by Gasteiger charge is -2.51. The molecule has 38 heavy (non-hydrogen) atoms. The van der Waals surface area contributed by atoms with Gasteiger partial charge in [-0.1, -0.05) is 61.0 Å². The van der Waals surface area contributed by atoms with Crippen molar-refractivity contribution < 1.29 is 14.3 Å². The van der Waals surface area contributed by atoms with E-state index in [9.17, 15) is 4.79 Å². The van der Waals surface area contributed by atoms with Crippen LogP contribution in [-0.2, 0) is 14.3 Å². The third-order valence-electron chi connectivity index (χ3n) is 10.6. The maximum atomic E-state index is 13.2. The summed E-state index contributed by atoms with van der Waals surface area (Å²) in [4.78, 5) is 18.3.